The molecule has 0 aromatic carbocycles. The Hall–Kier alpha value is -0.0400. The summed E-state index contributed by atoms with van der Waals surface area (Å²) in [5, 5.41) is 3.45. The molecular formula is C7H15N. The van der Waals surface area contributed by atoms with Crippen molar-refractivity contribution in [2.24, 2.45) is 11.8 Å². The summed E-state index contributed by atoms with van der Waals surface area (Å²) < 4.78 is 0. The zero-order valence-corrected chi connectivity index (χ0v) is 5.19. The Morgan fingerprint density at radius 1 is 1.12 bits per heavy atom. The largest absolute Gasteiger partial charge is 0.316 e. The first kappa shape index (κ1) is 4.80. The van der Waals surface area contributed by atoms with Crippen molar-refractivity contribution in [1.29, 1.82) is 0 Å². The van der Waals surface area contributed by atoms with Crippen LogP contribution < -0.4 is 5.32 Å². The third-order valence-electron chi connectivity index (χ3n) is 2.52. The summed E-state index contributed by atoms with van der Waals surface area (Å²) in [6.45, 7) is 2.60. The SMILES string of the molecule is C1CC2CNCC1C2.[HH]. The zero-order valence-electron chi connectivity index (χ0n) is 5.19. The van der Waals surface area contributed by atoms with Crippen LogP contribution in [-0.2, 0) is 0 Å². The lowest BCUT2D eigenvalue weighted by atomic mass is 10.0. The Kier molecular flexibility index (Phi) is 1.04. The van der Waals surface area contributed by atoms with Crippen molar-refractivity contribution in [2.75, 3.05) is 13.1 Å². The summed E-state index contributed by atoms with van der Waals surface area (Å²) in [5.74, 6) is 2.10. The maximum absolute atomic E-state index is 3.45. The van der Waals surface area contributed by atoms with E-state index in [2.05, 4.69) is 5.32 Å². The van der Waals surface area contributed by atoms with Gasteiger partial charge in [-0.15, -0.1) is 0 Å². The van der Waals surface area contributed by atoms with E-state index < -0.39 is 0 Å². The summed E-state index contributed by atoms with van der Waals surface area (Å²) in [6, 6.07) is 0. The number of fused-ring (bicyclic) bond motifs is 2. The quantitative estimate of drug-likeness (QED) is 0.498. The normalized spacial score (nSPS) is 45.0. The van der Waals surface area contributed by atoms with Crippen molar-refractivity contribution in [3.63, 3.8) is 0 Å². The molecule has 2 bridgehead atoms. The summed E-state index contributed by atoms with van der Waals surface area (Å²) in [6.07, 6.45) is 4.52. The second kappa shape index (κ2) is 1.73. The van der Waals surface area contributed by atoms with Crippen LogP contribution in [0.4, 0.5) is 0 Å². The first-order chi connectivity index (χ1) is 3.95. The van der Waals surface area contributed by atoms with Gasteiger partial charge in [-0.2, -0.15) is 0 Å². The third kappa shape index (κ3) is 0.655. The van der Waals surface area contributed by atoms with Crippen LogP contribution in [0.2, 0.25) is 0 Å². The van der Waals surface area contributed by atoms with Gasteiger partial charge < -0.3 is 5.32 Å². The maximum Gasteiger partial charge on any atom is 0 e. The molecule has 48 valence electrons. The molecule has 8 heavy (non-hydrogen) atoms. The van der Waals surface area contributed by atoms with E-state index in [0.29, 0.717) is 0 Å². The molecule has 0 aromatic heterocycles. The predicted octanol–water partition coefficient (Wildman–Crippen LogP) is 1.25. The van der Waals surface area contributed by atoms with Gasteiger partial charge in [-0.25, -0.2) is 0 Å². The van der Waals surface area contributed by atoms with Crippen LogP contribution in [-0.4, -0.2) is 13.1 Å². The van der Waals surface area contributed by atoms with Crippen LogP contribution in [0.5, 0.6) is 0 Å². The Bertz CT molecular complexity index is 80.9. The van der Waals surface area contributed by atoms with Crippen LogP contribution in [0.3, 0.4) is 0 Å². The molecule has 1 nitrogen and oxygen atoms in total. The predicted molar refractivity (Wildman–Crippen MR) is 35.8 cm³/mol. The van der Waals surface area contributed by atoms with Gasteiger partial charge in [0.2, 0.25) is 0 Å². The highest BCUT2D eigenvalue weighted by Crippen LogP contribution is 2.32. The fourth-order valence-corrected chi connectivity index (χ4v) is 2.04. The number of hydrogen-bond acceptors (Lipinski definition) is 1. The highest BCUT2D eigenvalue weighted by atomic mass is 14.9. The van der Waals surface area contributed by atoms with E-state index in [0.717, 1.165) is 11.8 Å². The average molecular weight is 113 g/mol. The minimum Gasteiger partial charge on any atom is -0.316 e. The number of hydrogen-bond donors (Lipinski definition) is 1. The van der Waals surface area contributed by atoms with Crippen molar-refractivity contribution in [3.8, 4) is 0 Å². The van der Waals surface area contributed by atoms with Crippen LogP contribution in [0.25, 0.3) is 0 Å². The average Bonchev–Trinajstić information content (AvgIpc) is 2.12. The topological polar surface area (TPSA) is 12.0 Å². The molecule has 1 N–H and O–H groups in total. The molecule has 1 aliphatic heterocycles. The molecule has 2 unspecified atom stereocenters. The minimum atomic E-state index is 0. The summed E-state index contributed by atoms with van der Waals surface area (Å²) >= 11 is 0. The minimum absolute atomic E-state index is 0. The molecule has 2 aliphatic rings. The highest BCUT2D eigenvalue weighted by Gasteiger charge is 2.27. The molecule has 1 heteroatoms. The lowest BCUT2D eigenvalue weighted by Gasteiger charge is -2.18. The molecule has 1 saturated heterocycles. The molecule has 0 amide bonds. The van der Waals surface area contributed by atoms with Gasteiger partial charge in [0.1, 0.15) is 0 Å². The molecule has 2 atom stereocenters. The van der Waals surface area contributed by atoms with Gasteiger partial charge in [-0.05, 0) is 44.2 Å². The lowest BCUT2D eigenvalue weighted by Crippen LogP contribution is -2.30. The molecule has 1 aliphatic carbocycles. The number of piperidine rings is 1. The summed E-state index contributed by atoms with van der Waals surface area (Å²) in [7, 11) is 0. The van der Waals surface area contributed by atoms with E-state index in [9.17, 15) is 0 Å². The summed E-state index contributed by atoms with van der Waals surface area (Å²) in [5.41, 5.74) is 0. The van der Waals surface area contributed by atoms with Gasteiger partial charge in [-0.3, -0.25) is 0 Å². The summed E-state index contributed by atoms with van der Waals surface area (Å²) in [4.78, 5) is 0. The zero-order chi connectivity index (χ0) is 5.40. The molecule has 1 saturated carbocycles. The number of nitrogens with one attached hydrogen (secondary N) is 1. The van der Waals surface area contributed by atoms with E-state index in [-0.39, 0.29) is 1.43 Å². The van der Waals surface area contributed by atoms with Gasteiger partial charge >= 0.3 is 0 Å². The fourth-order valence-electron chi connectivity index (χ4n) is 2.04. The van der Waals surface area contributed by atoms with Crippen LogP contribution in [0, 0.1) is 11.8 Å². The van der Waals surface area contributed by atoms with Gasteiger partial charge in [0.15, 0.2) is 0 Å². The van der Waals surface area contributed by atoms with E-state index in [1.54, 1.807) is 0 Å². The molecule has 2 fully saturated rings. The molecule has 0 radical (unpaired) electrons. The first-order valence-electron chi connectivity index (χ1n) is 3.66. The third-order valence-corrected chi connectivity index (χ3v) is 2.52. The monoisotopic (exact) mass is 113 g/mol. The molecule has 0 aromatic rings. The van der Waals surface area contributed by atoms with Crippen LogP contribution >= 0.6 is 0 Å². The molecule has 2 rings (SSSR count). The second-order valence-electron chi connectivity index (χ2n) is 3.20. The van der Waals surface area contributed by atoms with Crippen molar-refractivity contribution >= 4 is 0 Å². The highest BCUT2D eigenvalue weighted by molar-refractivity contribution is 4.82. The first-order valence-corrected chi connectivity index (χ1v) is 3.66. The van der Waals surface area contributed by atoms with Crippen LogP contribution in [0.1, 0.15) is 20.7 Å². The van der Waals surface area contributed by atoms with Gasteiger partial charge in [0.05, 0.1) is 0 Å². The van der Waals surface area contributed by atoms with Crippen molar-refractivity contribution in [3.05, 3.63) is 0 Å². The van der Waals surface area contributed by atoms with Crippen molar-refractivity contribution in [2.45, 2.75) is 19.3 Å². The van der Waals surface area contributed by atoms with Gasteiger partial charge in [0, 0.05) is 1.43 Å². The number of rotatable bonds is 0. The molecule has 1 heterocycles. The van der Waals surface area contributed by atoms with Gasteiger partial charge in [0.25, 0.3) is 0 Å². The van der Waals surface area contributed by atoms with E-state index in [1.165, 1.54) is 32.4 Å². The van der Waals surface area contributed by atoms with E-state index in [1.807, 2.05) is 0 Å². The Morgan fingerprint density at radius 2 is 1.75 bits per heavy atom. The molecule has 0 spiro atoms. The van der Waals surface area contributed by atoms with Crippen LogP contribution in [0.15, 0.2) is 0 Å². The standard InChI is InChI=1S/C7H13N.H2/c1-2-7-3-6(1)4-8-5-7;/h6-8H,1-5H2;1H. The Morgan fingerprint density at radius 3 is 2.25 bits per heavy atom. The maximum atomic E-state index is 3.45. The fraction of sp³-hybridized carbons (Fsp3) is 1.00. The second-order valence-corrected chi connectivity index (χ2v) is 3.20. The smallest absolute Gasteiger partial charge is 0 e. The van der Waals surface area contributed by atoms with E-state index in [4.69, 9.17) is 0 Å². The Labute approximate surface area is 52.0 Å². The van der Waals surface area contributed by atoms with E-state index >= 15 is 0 Å². The van der Waals surface area contributed by atoms with Crippen molar-refractivity contribution in [1.82, 2.24) is 5.32 Å². The Balaban J connectivity index is 0.000000405. The molecular weight excluding hydrogens is 98.1 g/mol. The van der Waals surface area contributed by atoms with Crippen molar-refractivity contribution < 1.29 is 1.43 Å². The lowest BCUT2D eigenvalue weighted by molar-refractivity contribution is 0.379. The van der Waals surface area contributed by atoms with Gasteiger partial charge in [-0.1, -0.05) is 0 Å².